The van der Waals surface area contributed by atoms with Crippen LogP contribution in [0.5, 0.6) is 0 Å². The molecule has 0 unspecified atom stereocenters. The van der Waals surface area contributed by atoms with E-state index in [-0.39, 0.29) is 11.7 Å². The van der Waals surface area contributed by atoms with Crippen LogP contribution < -0.4 is 16.2 Å². The van der Waals surface area contributed by atoms with Crippen molar-refractivity contribution >= 4 is 35.5 Å². The minimum atomic E-state index is -0.296. The second-order valence-corrected chi connectivity index (χ2v) is 8.82. The van der Waals surface area contributed by atoms with Gasteiger partial charge >= 0.3 is 6.09 Å². The maximum absolute atomic E-state index is 9.92. The monoisotopic (exact) mass is 531 g/mol. The fourth-order valence-electron chi connectivity index (χ4n) is 2.03. The van der Waals surface area contributed by atoms with Crippen molar-refractivity contribution in [3.05, 3.63) is 53.9 Å². The van der Waals surface area contributed by atoms with Crippen LogP contribution >= 0.6 is 23.5 Å². The minimum absolute atomic E-state index is 0.199. The second-order valence-electron chi connectivity index (χ2n) is 6.24. The van der Waals surface area contributed by atoms with Crippen LogP contribution in [0, 0.1) is 0 Å². The highest BCUT2D eigenvalue weighted by atomic mass is 32.2. The van der Waals surface area contributed by atoms with Crippen LogP contribution in [-0.2, 0) is 14.2 Å². The summed E-state index contributed by atoms with van der Waals surface area (Å²) in [5.41, 5.74) is -0.199. The fraction of sp³-hybridized carbons (Fsp3) is 0.524. The number of carbonyl (C=O) groups excluding carboxylic acids is 1. The lowest BCUT2D eigenvalue weighted by Gasteiger charge is -1.92. The quantitative estimate of drug-likeness (QED) is 0.489. The highest BCUT2D eigenvalue weighted by Gasteiger charge is 2.06. The van der Waals surface area contributed by atoms with Crippen molar-refractivity contribution in [2.45, 2.75) is 6.42 Å². The lowest BCUT2D eigenvalue weighted by atomic mass is 10.4. The van der Waals surface area contributed by atoms with E-state index in [1.54, 1.807) is 18.3 Å². The standard InChI is InChI=1S/C6H9NO.C3H5NO2.C3H3NO2.C3H7NO.C3H3NO.C3H6S2/c1-2-3-6-7-4-5-8-6;5-3-4-1-2-6-3;5-3-1-2-6-4-3;1-2-5-3-4-1;1-2-4-5-3-1;1-2-5-3-4-1/h2H,1,3-5H2;1-2H2,(H,4,5);1-2H,(H,4,5);4H,1-3H2;1-3H;1-3H2. The molecule has 12 nitrogen and oxygen atoms in total. The summed E-state index contributed by atoms with van der Waals surface area (Å²) in [4.78, 5) is 23.9. The Kier molecular flexibility index (Phi) is 20.0. The summed E-state index contributed by atoms with van der Waals surface area (Å²) < 4.78 is 22.9. The molecule has 4 aliphatic rings. The molecule has 0 spiro atoms. The molecule has 3 saturated heterocycles. The SMILES string of the molecule is C1COCN1.C1CSCS1.C=CCC1=NCCO1.O=C1NCCO1.O=c1cco[nH]1.c1cnoc1. The average molecular weight is 532 g/mol. The Morgan fingerprint density at radius 2 is 1.94 bits per heavy atom. The van der Waals surface area contributed by atoms with Gasteiger partial charge in [-0.1, -0.05) is 11.2 Å². The zero-order valence-electron chi connectivity index (χ0n) is 19.5. The maximum atomic E-state index is 9.92. The van der Waals surface area contributed by atoms with Gasteiger partial charge in [0.2, 0.25) is 0 Å². The molecule has 35 heavy (non-hydrogen) atoms. The summed E-state index contributed by atoms with van der Waals surface area (Å²) in [7, 11) is 0. The van der Waals surface area contributed by atoms with Crippen LogP contribution in [0.2, 0.25) is 0 Å². The van der Waals surface area contributed by atoms with Gasteiger partial charge in [-0.05, 0) is 6.07 Å². The summed E-state index contributed by atoms with van der Waals surface area (Å²) in [6.45, 7) is 9.00. The lowest BCUT2D eigenvalue weighted by Crippen LogP contribution is -2.11. The molecule has 1 amide bonds. The number of nitrogens with zero attached hydrogens (tertiary/aromatic N) is 2. The number of ether oxygens (including phenoxy) is 3. The van der Waals surface area contributed by atoms with Crippen LogP contribution in [0.3, 0.4) is 0 Å². The molecule has 0 bridgehead atoms. The van der Waals surface area contributed by atoms with Gasteiger partial charge in [-0.25, -0.2) is 4.79 Å². The predicted octanol–water partition coefficient (Wildman–Crippen LogP) is 2.35. The number of nitrogens with one attached hydrogen (secondary N) is 3. The molecule has 0 saturated carbocycles. The molecule has 196 valence electrons. The predicted molar refractivity (Wildman–Crippen MR) is 137 cm³/mol. The van der Waals surface area contributed by atoms with Gasteiger partial charge in [0.15, 0.2) is 5.90 Å². The van der Waals surface area contributed by atoms with E-state index in [0.717, 1.165) is 45.4 Å². The van der Waals surface area contributed by atoms with Crippen LogP contribution in [0.25, 0.3) is 0 Å². The molecule has 6 heterocycles. The Balaban J connectivity index is 0.000000212. The van der Waals surface area contributed by atoms with Crippen LogP contribution in [0.4, 0.5) is 4.79 Å². The molecule has 0 atom stereocenters. The molecular formula is C21H33N5O7S2. The molecular weight excluding hydrogens is 498 g/mol. The first-order chi connectivity index (χ1) is 17.2. The summed E-state index contributed by atoms with van der Waals surface area (Å²) in [6, 6.07) is 3.03. The van der Waals surface area contributed by atoms with E-state index in [1.807, 2.05) is 23.5 Å². The van der Waals surface area contributed by atoms with Crippen molar-refractivity contribution in [1.82, 2.24) is 20.9 Å². The van der Waals surface area contributed by atoms with Crippen molar-refractivity contribution in [1.29, 1.82) is 0 Å². The third-order valence-electron chi connectivity index (χ3n) is 3.53. The van der Waals surface area contributed by atoms with E-state index in [4.69, 9.17) is 9.47 Å². The number of hydrogen-bond acceptors (Lipinski definition) is 12. The van der Waals surface area contributed by atoms with Gasteiger partial charge in [0.05, 0.1) is 32.6 Å². The van der Waals surface area contributed by atoms with E-state index in [2.05, 4.69) is 46.3 Å². The number of amides is 1. The number of carbonyl (C=O) groups is 1. The topological polar surface area (TPSA) is 153 Å². The van der Waals surface area contributed by atoms with Crippen LogP contribution in [-0.4, -0.2) is 85.1 Å². The van der Waals surface area contributed by atoms with Gasteiger partial charge in [-0.3, -0.25) is 15.1 Å². The third kappa shape index (κ3) is 20.4. The number of thioether (sulfide) groups is 2. The van der Waals surface area contributed by atoms with Gasteiger partial charge in [-0.15, -0.1) is 6.58 Å². The maximum Gasteiger partial charge on any atom is 0.407 e. The fourth-order valence-corrected chi connectivity index (χ4v) is 4.38. The van der Waals surface area contributed by atoms with Crippen molar-refractivity contribution in [3.8, 4) is 0 Å². The summed E-state index contributed by atoms with van der Waals surface area (Å²) in [6.07, 6.45) is 6.67. The molecule has 6 rings (SSSR count). The second kappa shape index (κ2) is 23.1. The van der Waals surface area contributed by atoms with Crippen molar-refractivity contribution < 1.29 is 28.1 Å². The highest BCUT2D eigenvalue weighted by Crippen LogP contribution is 2.20. The van der Waals surface area contributed by atoms with Gasteiger partial charge < -0.3 is 28.6 Å². The molecule has 4 aliphatic heterocycles. The zero-order valence-corrected chi connectivity index (χ0v) is 21.2. The number of aromatic amines is 1. The molecule has 3 N–H and O–H groups in total. The third-order valence-corrected chi connectivity index (χ3v) is 6.11. The molecule has 2 aromatic rings. The Morgan fingerprint density at radius 3 is 2.20 bits per heavy atom. The molecule has 0 aromatic carbocycles. The first-order valence-corrected chi connectivity index (χ1v) is 13.1. The minimum Gasteiger partial charge on any atom is -0.479 e. The Morgan fingerprint density at radius 1 is 1.09 bits per heavy atom. The number of aromatic nitrogens is 2. The average Bonchev–Trinajstić information content (AvgIpc) is 3.74. The van der Waals surface area contributed by atoms with E-state index >= 15 is 0 Å². The highest BCUT2D eigenvalue weighted by molar-refractivity contribution is 8.19. The van der Waals surface area contributed by atoms with Crippen molar-refractivity contribution in [2.75, 3.05) is 62.8 Å². The number of hydrogen-bond donors (Lipinski definition) is 3. The van der Waals surface area contributed by atoms with Crippen molar-refractivity contribution in [2.24, 2.45) is 4.99 Å². The van der Waals surface area contributed by atoms with E-state index in [1.165, 1.54) is 35.2 Å². The number of rotatable bonds is 2. The normalized spacial score (nSPS) is 16.8. The molecule has 0 radical (unpaired) electrons. The van der Waals surface area contributed by atoms with Gasteiger partial charge in [0.1, 0.15) is 25.7 Å². The van der Waals surface area contributed by atoms with E-state index in [0.29, 0.717) is 13.2 Å². The molecule has 2 aromatic heterocycles. The number of aliphatic imine (C=N–C) groups is 1. The number of alkyl carbamates (subject to hydrolysis) is 1. The first-order valence-electron chi connectivity index (χ1n) is 10.8. The Labute approximate surface area is 212 Å². The molecule has 14 heteroatoms. The van der Waals surface area contributed by atoms with E-state index in [9.17, 15) is 9.59 Å². The summed E-state index contributed by atoms with van der Waals surface area (Å²) >= 11 is 4.07. The van der Waals surface area contributed by atoms with Crippen molar-refractivity contribution in [3.63, 3.8) is 0 Å². The van der Waals surface area contributed by atoms with Crippen LogP contribution in [0.15, 0.2) is 62.3 Å². The zero-order chi connectivity index (χ0) is 25.2. The number of H-pyrrole nitrogens is 1. The van der Waals surface area contributed by atoms with Gasteiger partial charge in [0.25, 0.3) is 5.56 Å². The van der Waals surface area contributed by atoms with Gasteiger partial charge in [0, 0.05) is 35.6 Å². The number of cyclic esters (lactones) is 1. The Bertz CT molecular complexity index is 755. The lowest BCUT2D eigenvalue weighted by molar-refractivity contribution is 0.178. The molecule has 3 fully saturated rings. The Hall–Kier alpha value is -2.68. The van der Waals surface area contributed by atoms with E-state index < -0.39 is 0 Å². The van der Waals surface area contributed by atoms with Crippen LogP contribution in [0.1, 0.15) is 6.42 Å². The first kappa shape index (κ1) is 30.4. The smallest absolute Gasteiger partial charge is 0.407 e. The summed E-state index contributed by atoms with van der Waals surface area (Å²) in [5.74, 6) is 3.59. The summed E-state index contributed by atoms with van der Waals surface area (Å²) in [5, 5.41) is 12.2. The van der Waals surface area contributed by atoms with Gasteiger partial charge in [-0.2, -0.15) is 28.7 Å². The molecule has 0 aliphatic carbocycles. The largest absolute Gasteiger partial charge is 0.479 e.